The first-order chi connectivity index (χ1) is 7.36. The summed E-state index contributed by atoms with van der Waals surface area (Å²) in [6, 6.07) is 10.8. The van der Waals surface area contributed by atoms with Crippen LogP contribution in [-0.2, 0) is 0 Å². The Bertz CT molecular complexity index is 646. The third-order valence-corrected chi connectivity index (χ3v) is 2.63. The fourth-order valence-electron chi connectivity index (χ4n) is 1.89. The maximum absolute atomic E-state index is 13.5. The van der Waals surface area contributed by atoms with Gasteiger partial charge in [0.2, 0.25) is 0 Å². The Labute approximate surface area is 86.2 Å². The van der Waals surface area contributed by atoms with Crippen molar-refractivity contribution >= 4 is 21.5 Å². The van der Waals surface area contributed by atoms with E-state index in [1.165, 1.54) is 6.07 Å². The van der Waals surface area contributed by atoms with Gasteiger partial charge >= 0.3 is 0 Å². The van der Waals surface area contributed by atoms with Crippen LogP contribution >= 0.6 is 0 Å². The van der Waals surface area contributed by atoms with Crippen molar-refractivity contribution in [3.63, 3.8) is 0 Å². The van der Waals surface area contributed by atoms with Crippen LogP contribution in [0.2, 0.25) is 0 Å². The molecule has 2 heteroatoms. The Morgan fingerprint density at radius 2 is 1.80 bits per heavy atom. The van der Waals surface area contributed by atoms with Gasteiger partial charge in [0.05, 0.1) is 0 Å². The van der Waals surface area contributed by atoms with E-state index < -0.39 is 0 Å². The van der Waals surface area contributed by atoms with Crippen LogP contribution in [0.4, 0.5) is 4.39 Å². The van der Waals surface area contributed by atoms with Crippen molar-refractivity contribution in [2.75, 3.05) is 0 Å². The van der Waals surface area contributed by atoms with E-state index in [2.05, 4.69) is 4.98 Å². The summed E-state index contributed by atoms with van der Waals surface area (Å²) in [5.74, 6) is -0.182. The fraction of sp³-hybridized carbons (Fsp3) is 0. The maximum atomic E-state index is 13.5. The first kappa shape index (κ1) is 8.36. The summed E-state index contributed by atoms with van der Waals surface area (Å²) in [7, 11) is 0. The Morgan fingerprint density at radius 3 is 2.73 bits per heavy atom. The minimum absolute atomic E-state index is 0.182. The average molecular weight is 197 g/mol. The molecule has 0 atom stereocenters. The minimum Gasteiger partial charge on any atom is -0.264 e. The van der Waals surface area contributed by atoms with Crippen molar-refractivity contribution in [2.24, 2.45) is 0 Å². The van der Waals surface area contributed by atoms with Gasteiger partial charge in [-0.2, -0.15) is 0 Å². The van der Waals surface area contributed by atoms with E-state index in [0.717, 1.165) is 16.2 Å². The van der Waals surface area contributed by atoms with Crippen LogP contribution in [0, 0.1) is 5.82 Å². The minimum atomic E-state index is -0.182. The van der Waals surface area contributed by atoms with Crippen LogP contribution in [0.25, 0.3) is 21.5 Å². The first-order valence-electron chi connectivity index (χ1n) is 4.77. The second-order valence-electron chi connectivity index (χ2n) is 3.50. The number of hydrogen-bond acceptors (Lipinski definition) is 1. The van der Waals surface area contributed by atoms with Crippen molar-refractivity contribution in [1.29, 1.82) is 0 Å². The molecule has 0 aliphatic heterocycles. The lowest BCUT2D eigenvalue weighted by Crippen LogP contribution is -1.82. The van der Waals surface area contributed by atoms with Gasteiger partial charge in [-0.15, -0.1) is 0 Å². The normalized spacial score (nSPS) is 11.0. The zero-order chi connectivity index (χ0) is 10.3. The maximum Gasteiger partial charge on any atom is 0.131 e. The van der Waals surface area contributed by atoms with Gasteiger partial charge in [0.15, 0.2) is 0 Å². The number of rotatable bonds is 0. The molecule has 15 heavy (non-hydrogen) atoms. The van der Waals surface area contributed by atoms with E-state index in [1.807, 2.05) is 24.3 Å². The fourth-order valence-corrected chi connectivity index (χ4v) is 1.89. The lowest BCUT2D eigenvalue weighted by Gasteiger charge is -2.03. The molecule has 0 bridgehead atoms. The van der Waals surface area contributed by atoms with E-state index in [4.69, 9.17) is 0 Å². The Morgan fingerprint density at radius 1 is 0.867 bits per heavy atom. The predicted octanol–water partition coefficient (Wildman–Crippen LogP) is 3.53. The highest BCUT2D eigenvalue weighted by Crippen LogP contribution is 2.25. The number of halogens is 1. The first-order valence-corrected chi connectivity index (χ1v) is 4.77. The van der Waals surface area contributed by atoms with Crippen molar-refractivity contribution < 1.29 is 4.39 Å². The van der Waals surface area contributed by atoms with Crippen LogP contribution in [0.15, 0.2) is 48.8 Å². The Kier molecular flexibility index (Phi) is 1.68. The van der Waals surface area contributed by atoms with Gasteiger partial charge < -0.3 is 0 Å². The summed E-state index contributed by atoms with van der Waals surface area (Å²) in [5.41, 5.74) is 0. The van der Waals surface area contributed by atoms with E-state index >= 15 is 0 Å². The number of nitrogens with zero attached hydrogens (tertiary/aromatic N) is 1. The molecule has 0 fully saturated rings. The monoisotopic (exact) mass is 197 g/mol. The Balaban J connectivity index is 2.60. The van der Waals surface area contributed by atoms with Gasteiger partial charge in [0.25, 0.3) is 0 Å². The van der Waals surface area contributed by atoms with Gasteiger partial charge in [0.1, 0.15) is 5.82 Å². The molecule has 2 aromatic carbocycles. The third-order valence-electron chi connectivity index (χ3n) is 2.63. The number of benzene rings is 2. The van der Waals surface area contributed by atoms with Crippen LogP contribution in [0.1, 0.15) is 0 Å². The van der Waals surface area contributed by atoms with Gasteiger partial charge in [-0.1, -0.05) is 24.3 Å². The van der Waals surface area contributed by atoms with E-state index in [-0.39, 0.29) is 5.82 Å². The van der Waals surface area contributed by atoms with Gasteiger partial charge in [0, 0.05) is 23.2 Å². The molecule has 0 saturated heterocycles. The highest BCUT2D eigenvalue weighted by Gasteiger charge is 2.03. The predicted molar refractivity (Wildman–Crippen MR) is 59.2 cm³/mol. The largest absolute Gasteiger partial charge is 0.264 e. The molecule has 0 saturated carbocycles. The van der Waals surface area contributed by atoms with Crippen molar-refractivity contribution in [3.05, 3.63) is 54.6 Å². The zero-order valence-corrected chi connectivity index (χ0v) is 7.94. The molecule has 0 aliphatic carbocycles. The summed E-state index contributed by atoms with van der Waals surface area (Å²) < 4.78 is 13.5. The molecule has 3 rings (SSSR count). The molecule has 0 amide bonds. The van der Waals surface area contributed by atoms with Gasteiger partial charge in [-0.25, -0.2) is 4.39 Å². The number of fused-ring (bicyclic) bond motifs is 3. The van der Waals surface area contributed by atoms with Crippen molar-refractivity contribution in [1.82, 2.24) is 4.98 Å². The summed E-state index contributed by atoms with van der Waals surface area (Å²) >= 11 is 0. The number of aromatic nitrogens is 1. The molecule has 0 spiro atoms. The van der Waals surface area contributed by atoms with Gasteiger partial charge in [-0.05, 0) is 22.9 Å². The van der Waals surface area contributed by atoms with E-state index in [9.17, 15) is 4.39 Å². The molecule has 0 aliphatic rings. The average Bonchev–Trinajstić information content (AvgIpc) is 2.29. The van der Waals surface area contributed by atoms with Crippen LogP contribution in [0.3, 0.4) is 0 Å². The second kappa shape index (κ2) is 3.02. The zero-order valence-electron chi connectivity index (χ0n) is 7.94. The molecule has 0 radical (unpaired) electrons. The lowest BCUT2D eigenvalue weighted by molar-refractivity contribution is 0.640. The number of pyridine rings is 1. The molecular weight excluding hydrogens is 189 g/mol. The highest BCUT2D eigenvalue weighted by molar-refractivity contribution is 6.07. The highest BCUT2D eigenvalue weighted by atomic mass is 19.1. The molecule has 1 aromatic heterocycles. The van der Waals surface area contributed by atoms with E-state index in [0.29, 0.717) is 5.39 Å². The van der Waals surface area contributed by atoms with Crippen LogP contribution in [-0.4, -0.2) is 4.98 Å². The standard InChI is InChI=1S/C13H8FN/c14-13-3-1-2-10-11(13)5-4-9-6-7-15-8-12(9)10/h1-8H. The van der Waals surface area contributed by atoms with Crippen LogP contribution in [0.5, 0.6) is 0 Å². The molecule has 3 aromatic rings. The van der Waals surface area contributed by atoms with E-state index in [1.54, 1.807) is 18.5 Å². The van der Waals surface area contributed by atoms with Crippen molar-refractivity contribution in [3.8, 4) is 0 Å². The third kappa shape index (κ3) is 1.18. The summed E-state index contributed by atoms with van der Waals surface area (Å²) in [6.07, 6.45) is 3.52. The Hall–Kier alpha value is -1.96. The van der Waals surface area contributed by atoms with Gasteiger partial charge in [-0.3, -0.25) is 4.98 Å². The van der Waals surface area contributed by atoms with Crippen molar-refractivity contribution in [2.45, 2.75) is 0 Å². The topological polar surface area (TPSA) is 12.9 Å². The quantitative estimate of drug-likeness (QED) is 0.502. The lowest BCUT2D eigenvalue weighted by atomic mass is 10.0. The molecule has 0 N–H and O–H groups in total. The summed E-state index contributed by atoms with van der Waals surface area (Å²) in [4.78, 5) is 4.07. The molecule has 1 heterocycles. The summed E-state index contributed by atoms with van der Waals surface area (Å²) in [6.45, 7) is 0. The number of hydrogen-bond donors (Lipinski definition) is 0. The smallest absolute Gasteiger partial charge is 0.131 e. The molecular formula is C13H8FN. The second-order valence-corrected chi connectivity index (χ2v) is 3.50. The molecule has 0 unspecified atom stereocenters. The SMILES string of the molecule is Fc1cccc2c1ccc1ccncc12. The molecule has 1 nitrogen and oxygen atoms in total. The van der Waals surface area contributed by atoms with Crippen LogP contribution < -0.4 is 0 Å². The molecule has 72 valence electrons. The summed E-state index contributed by atoms with van der Waals surface area (Å²) in [5, 5.41) is 3.65.